The smallest absolute Gasteiger partial charge is 0.0624 e. The van der Waals surface area contributed by atoms with Gasteiger partial charge in [0.1, 0.15) is 0 Å². The van der Waals surface area contributed by atoms with Crippen molar-refractivity contribution in [3.63, 3.8) is 0 Å². The first-order chi connectivity index (χ1) is 10.2. The van der Waals surface area contributed by atoms with E-state index in [0.717, 1.165) is 19.3 Å². The summed E-state index contributed by atoms with van der Waals surface area (Å²) >= 11 is 0. The molecule has 0 saturated heterocycles. The second-order valence-corrected chi connectivity index (χ2v) is 8.96. The Bertz CT molecular complexity index is 403. The molecule has 0 spiro atoms. The van der Waals surface area contributed by atoms with Crippen molar-refractivity contribution in [3.8, 4) is 0 Å². The molecule has 2 fully saturated rings. The van der Waals surface area contributed by atoms with E-state index in [0.29, 0.717) is 30.1 Å². The average molecular weight is 309 g/mol. The average Bonchev–Trinajstić information content (AvgIpc) is 2.44. The zero-order chi connectivity index (χ0) is 16.7. The van der Waals surface area contributed by atoms with E-state index in [2.05, 4.69) is 41.2 Å². The van der Waals surface area contributed by atoms with Crippen LogP contribution in [0.4, 0.5) is 0 Å². The highest BCUT2D eigenvalue weighted by Crippen LogP contribution is 2.62. The number of aliphatic hydroxyl groups is 2. The van der Waals surface area contributed by atoms with E-state index in [1.54, 1.807) is 0 Å². The minimum Gasteiger partial charge on any atom is -0.392 e. The second-order valence-electron chi connectivity index (χ2n) is 8.96. The van der Waals surface area contributed by atoms with E-state index in [9.17, 15) is 10.2 Å². The van der Waals surface area contributed by atoms with Crippen LogP contribution in [0, 0.1) is 34.5 Å². The van der Waals surface area contributed by atoms with E-state index < -0.39 is 0 Å². The molecule has 0 aromatic heterocycles. The third-order valence-corrected chi connectivity index (χ3v) is 7.40. The van der Waals surface area contributed by atoms with E-state index in [1.165, 1.54) is 6.42 Å². The van der Waals surface area contributed by atoms with Crippen LogP contribution >= 0.6 is 0 Å². The summed E-state index contributed by atoms with van der Waals surface area (Å²) in [5.41, 5.74) is -0.169. The first kappa shape index (κ1) is 18.0. The standard InChI is InChI=1S/C20H36O2/c1-7-13(2)8-10-15-14(3)9-11-16-19(4,5)17(21)12-18(22)20(15,16)6/h7,13-18,21-22H,1,8-12H2,2-6H3/t13-,14+,15+,16+,17?,18?,20-/m1/s1. The van der Waals surface area contributed by atoms with E-state index in [4.69, 9.17) is 0 Å². The van der Waals surface area contributed by atoms with Crippen molar-refractivity contribution in [2.45, 2.75) is 78.9 Å². The van der Waals surface area contributed by atoms with Gasteiger partial charge in [0.05, 0.1) is 12.2 Å². The fourth-order valence-electron chi connectivity index (χ4n) is 5.62. The maximum atomic E-state index is 10.9. The number of aliphatic hydroxyl groups excluding tert-OH is 2. The van der Waals surface area contributed by atoms with Gasteiger partial charge >= 0.3 is 0 Å². The molecule has 7 atom stereocenters. The highest BCUT2D eigenvalue weighted by molar-refractivity contribution is 5.09. The number of rotatable bonds is 4. The van der Waals surface area contributed by atoms with Crippen molar-refractivity contribution in [2.75, 3.05) is 0 Å². The minimum absolute atomic E-state index is 0.0682. The van der Waals surface area contributed by atoms with E-state index >= 15 is 0 Å². The van der Waals surface area contributed by atoms with Crippen LogP contribution in [0.25, 0.3) is 0 Å². The van der Waals surface area contributed by atoms with Gasteiger partial charge in [0.2, 0.25) is 0 Å². The van der Waals surface area contributed by atoms with Gasteiger partial charge < -0.3 is 10.2 Å². The SMILES string of the molecule is C=C[C@@H](C)CC[C@H]1[C@@H](C)CC[C@H]2C(C)(C)C(O)CC(O)[C@]12C. The van der Waals surface area contributed by atoms with Crippen LogP contribution in [-0.2, 0) is 0 Å². The maximum absolute atomic E-state index is 10.9. The summed E-state index contributed by atoms with van der Waals surface area (Å²) in [6.07, 6.45) is 6.46. The molecule has 0 aliphatic heterocycles. The fraction of sp³-hybridized carbons (Fsp3) is 0.900. The van der Waals surface area contributed by atoms with Crippen molar-refractivity contribution < 1.29 is 10.2 Å². The lowest BCUT2D eigenvalue weighted by Gasteiger charge is -2.62. The predicted molar refractivity (Wildman–Crippen MR) is 92.5 cm³/mol. The van der Waals surface area contributed by atoms with Crippen LogP contribution in [0.3, 0.4) is 0 Å². The molecule has 2 aliphatic carbocycles. The number of fused-ring (bicyclic) bond motifs is 1. The minimum atomic E-state index is -0.387. The van der Waals surface area contributed by atoms with Crippen molar-refractivity contribution in [3.05, 3.63) is 12.7 Å². The maximum Gasteiger partial charge on any atom is 0.0624 e. The predicted octanol–water partition coefficient (Wildman–Crippen LogP) is 4.41. The zero-order valence-corrected chi connectivity index (χ0v) is 15.2. The Morgan fingerprint density at radius 1 is 1.18 bits per heavy atom. The molecular formula is C20H36O2. The van der Waals surface area contributed by atoms with Crippen molar-refractivity contribution in [1.29, 1.82) is 0 Å². The molecule has 2 unspecified atom stereocenters. The molecule has 22 heavy (non-hydrogen) atoms. The normalized spacial score (nSPS) is 45.9. The van der Waals surface area contributed by atoms with Gasteiger partial charge in [-0.1, -0.05) is 47.1 Å². The summed E-state index contributed by atoms with van der Waals surface area (Å²) in [4.78, 5) is 0. The second kappa shape index (κ2) is 6.28. The number of allylic oxidation sites excluding steroid dienone is 1. The van der Waals surface area contributed by atoms with Crippen LogP contribution in [0.1, 0.15) is 66.7 Å². The van der Waals surface area contributed by atoms with Gasteiger partial charge in [0, 0.05) is 11.8 Å². The fourth-order valence-corrected chi connectivity index (χ4v) is 5.62. The molecule has 2 heteroatoms. The molecule has 0 bridgehead atoms. The van der Waals surface area contributed by atoms with Crippen molar-refractivity contribution in [1.82, 2.24) is 0 Å². The Hall–Kier alpha value is -0.340. The summed E-state index contributed by atoms with van der Waals surface area (Å²) in [6.45, 7) is 15.2. The molecule has 0 amide bonds. The van der Waals surface area contributed by atoms with Gasteiger partial charge in [-0.25, -0.2) is 0 Å². The topological polar surface area (TPSA) is 40.5 Å². The highest BCUT2D eigenvalue weighted by Gasteiger charge is 2.60. The van der Waals surface area contributed by atoms with Crippen molar-refractivity contribution >= 4 is 0 Å². The highest BCUT2D eigenvalue weighted by atomic mass is 16.3. The molecule has 0 radical (unpaired) electrons. The Labute approximate surface area is 137 Å². The lowest BCUT2D eigenvalue weighted by Crippen LogP contribution is -2.62. The lowest BCUT2D eigenvalue weighted by molar-refractivity contribution is -0.206. The largest absolute Gasteiger partial charge is 0.392 e. The van der Waals surface area contributed by atoms with Gasteiger partial charge in [0.25, 0.3) is 0 Å². The summed E-state index contributed by atoms with van der Waals surface area (Å²) in [5.74, 6) is 2.13. The molecular weight excluding hydrogens is 272 g/mol. The van der Waals surface area contributed by atoms with Crippen LogP contribution in [-0.4, -0.2) is 22.4 Å². The third-order valence-electron chi connectivity index (χ3n) is 7.40. The van der Waals surface area contributed by atoms with Crippen LogP contribution in [0.2, 0.25) is 0 Å². The van der Waals surface area contributed by atoms with Crippen LogP contribution in [0.5, 0.6) is 0 Å². The van der Waals surface area contributed by atoms with Crippen LogP contribution in [0.15, 0.2) is 12.7 Å². The van der Waals surface area contributed by atoms with Gasteiger partial charge in [-0.15, -0.1) is 6.58 Å². The zero-order valence-electron chi connectivity index (χ0n) is 15.2. The number of hydrogen-bond donors (Lipinski definition) is 2. The summed E-state index contributed by atoms with van der Waals surface area (Å²) in [7, 11) is 0. The molecule has 2 N–H and O–H groups in total. The Morgan fingerprint density at radius 2 is 1.82 bits per heavy atom. The Balaban J connectivity index is 2.30. The van der Waals surface area contributed by atoms with Gasteiger partial charge in [-0.05, 0) is 48.3 Å². The van der Waals surface area contributed by atoms with E-state index in [-0.39, 0.29) is 23.0 Å². The molecule has 2 aliphatic rings. The Morgan fingerprint density at radius 3 is 2.41 bits per heavy atom. The summed E-state index contributed by atoms with van der Waals surface area (Å²) in [6, 6.07) is 0. The monoisotopic (exact) mass is 308 g/mol. The Kier molecular flexibility index (Phi) is 5.14. The molecule has 0 heterocycles. The van der Waals surface area contributed by atoms with Gasteiger partial charge in [-0.2, -0.15) is 0 Å². The van der Waals surface area contributed by atoms with Gasteiger partial charge in [-0.3, -0.25) is 0 Å². The van der Waals surface area contributed by atoms with Crippen molar-refractivity contribution in [2.24, 2.45) is 34.5 Å². The van der Waals surface area contributed by atoms with E-state index in [1.807, 2.05) is 6.08 Å². The first-order valence-corrected chi connectivity index (χ1v) is 9.14. The molecule has 0 aromatic carbocycles. The molecule has 0 aromatic rings. The van der Waals surface area contributed by atoms with Crippen LogP contribution < -0.4 is 0 Å². The molecule has 2 rings (SSSR count). The van der Waals surface area contributed by atoms with Gasteiger partial charge in [0.15, 0.2) is 0 Å². The lowest BCUT2D eigenvalue weighted by atomic mass is 9.44. The quantitative estimate of drug-likeness (QED) is 0.755. The molecule has 2 nitrogen and oxygen atoms in total. The summed E-state index contributed by atoms with van der Waals surface area (Å²) in [5, 5.41) is 21.4. The third kappa shape index (κ3) is 2.78. The summed E-state index contributed by atoms with van der Waals surface area (Å²) < 4.78 is 0. The number of hydrogen-bond acceptors (Lipinski definition) is 2. The molecule has 2 saturated carbocycles. The molecule has 128 valence electrons. The first-order valence-electron chi connectivity index (χ1n) is 9.14.